The van der Waals surface area contributed by atoms with Crippen LogP contribution in [-0.4, -0.2) is 30.8 Å². The SMILES string of the molecule is CCN1C[C@@H](N(Cc2cccc(Cl)c2F)c2ccc(C#N)c(Cl)c2)CCO1. The van der Waals surface area contributed by atoms with Crippen molar-refractivity contribution in [2.45, 2.75) is 25.9 Å². The van der Waals surface area contributed by atoms with Crippen molar-refractivity contribution >= 4 is 28.9 Å². The average molecular weight is 408 g/mol. The van der Waals surface area contributed by atoms with Crippen LogP contribution in [0.15, 0.2) is 36.4 Å². The van der Waals surface area contributed by atoms with E-state index in [4.69, 9.17) is 33.3 Å². The lowest BCUT2D eigenvalue weighted by atomic mass is 10.1. The summed E-state index contributed by atoms with van der Waals surface area (Å²) in [5.41, 5.74) is 1.76. The van der Waals surface area contributed by atoms with Crippen LogP contribution in [0.4, 0.5) is 10.1 Å². The summed E-state index contributed by atoms with van der Waals surface area (Å²) in [6.07, 6.45) is 0.802. The average Bonchev–Trinajstić information content (AvgIpc) is 2.69. The molecule has 1 fully saturated rings. The number of hydrogen-bond donors (Lipinski definition) is 0. The molecule has 7 heteroatoms. The van der Waals surface area contributed by atoms with Gasteiger partial charge in [-0.25, -0.2) is 4.39 Å². The van der Waals surface area contributed by atoms with Gasteiger partial charge >= 0.3 is 0 Å². The zero-order chi connectivity index (χ0) is 19.4. The lowest BCUT2D eigenvalue weighted by Gasteiger charge is -2.40. The van der Waals surface area contributed by atoms with E-state index in [-0.39, 0.29) is 11.1 Å². The van der Waals surface area contributed by atoms with Gasteiger partial charge in [-0.05, 0) is 30.7 Å². The third-order valence-corrected chi connectivity index (χ3v) is 5.31. The van der Waals surface area contributed by atoms with Crippen molar-refractivity contribution in [1.82, 2.24) is 5.06 Å². The molecular formula is C20H20Cl2FN3O. The summed E-state index contributed by atoms with van der Waals surface area (Å²) in [5.74, 6) is -0.414. The largest absolute Gasteiger partial charge is 0.363 e. The first-order chi connectivity index (χ1) is 13.0. The van der Waals surface area contributed by atoms with Gasteiger partial charge in [0.2, 0.25) is 0 Å². The molecule has 0 amide bonds. The number of benzene rings is 2. The number of rotatable bonds is 5. The van der Waals surface area contributed by atoms with E-state index in [0.717, 1.165) is 18.7 Å². The van der Waals surface area contributed by atoms with Gasteiger partial charge in [-0.15, -0.1) is 0 Å². The van der Waals surface area contributed by atoms with E-state index < -0.39 is 5.82 Å². The van der Waals surface area contributed by atoms with Crippen molar-refractivity contribution in [3.05, 3.63) is 63.4 Å². The minimum atomic E-state index is -0.414. The number of likely N-dealkylation sites (N-methyl/N-ethyl adjacent to an activating group) is 1. The summed E-state index contributed by atoms with van der Waals surface area (Å²) in [7, 11) is 0. The summed E-state index contributed by atoms with van der Waals surface area (Å²) in [6, 6.07) is 12.5. The second-order valence-electron chi connectivity index (χ2n) is 6.37. The van der Waals surface area contributed by atoms with Gasteiger partial charge in [0, 0.05) is 36.9 Å². The van der Waals surface area contributed by atoms with Crippen LogP contribution in [0.2, 0.25) is 10.0 Å². The molecule has 0 N–H and O–H groups in total. The molecule has 0 saturated carbocycles. The van der Waals surface area contributed by atoms with Crippen LogP contribution in [0, 0.1) is 17.1 Å². The summed E-state index contributed by atoms with van der Waals surface area (Å²) < 4.78 is 14.5. The van der Waals surface area contributed by atoms with Gasteiger partial charge in [0.1, 0.15) is 11.9 Å². The first kappa shape index (κ1) is 19.9. The molecule has 1 atom stereocenters. The van der Waals surface area contributed by atoms with Gasteiger partial charge in [-0.1, -0.05) is 42.3 Å². The number of hydrogen-bond acceptors (Lipinski definition) is 4. The molecule has 0 radical (unpaired) electrons. The Balaban J connectivity index is 1.97. The van der Waals surface area contributed by atoms with Gasteiger partial charge in [0.05, 0.1) is 22.2 Å². The molecular weight excluding hydrogens is 388 g/mol. The molecule has 0 aliphatic carbocycles. The molecule has 3 rings (SSSR count). The molecule has 1 saturated heterocycles. The van der Waals surface area contributed by atoms with Crippen LogP contribution < -0.4 is 4.90 Å². The summed E-state index contributed by atoms with van der Waals surface area (Å²) in [4.78, 5) is 7.74. The Bertz CT molecular complexity index is 856. The second-order valence-corrected chi connectivity index (χ2v) is 7.19. The number of halogens is 3. The molecule has 1 aliphatic rings. The number of hydroxylamine groups is 2. The highest BCUT2D eigenvalue weighted by atomic mass is 35.5. The van der Waals surface area contributed by atoms with Crippen LogP contribution in [0.1, 0.15) is 24.5 Å². The Morgan fingerprint density at radius 3 is 2.81 bits per heavy atom. The van der Waals surface area contributed by atoms with Gasteiger partial charge < -0.3 is 4.90 Å². The molecule has 142 valence electrons. The molecule has 0 bridgehead atoms. The summed E-state index contributed by atoms with van der Waals surface area (Å²) in [5, 5.41) is 11.5. The van der Waals surface area contributed by atoms with Crippen LogP contribution in [0.3, 0.4) is 0 Å². The monoisotopic (exact) mass is 407 g/mol. The minimum absolute atomic E-state index is 0.104. The van der Waals surface area contributed by atoms with Gasteiger partial charge in [-0.2, -0.15) is 10.3 Å². The maximum absolute atomic E-state index is 14.5. The normalized spacial score (nSPS) is 17.5. The summed E-state index contributed by atoms with van der Waals surface area (Å²) >= 11 is 12.2. The summed E-state index contributed by atoms with van der Waals surface area (Å²) in [6.45, 7) is 4.43. The Morgan fingerprint density at radius 1 is 1.30 bits per heavy atom. The predicted molar refractivity (Wildman–Crippen MR) is 105 cm³/mol. The number of nitrogens with zero attached hydrogens (tertiary/aromatic N) is 3. The van der Waals surface area contributed by atoms with Gasteiger partial charge in [0.15, 0.2) is 0 Å². The maximum Gasteiger partial charge on any atom is 0.146 e. The van der Waals surface area contributed by atoms with E-state index in [1.165, 1.54) is 6.07 Å². The van der Waals surface area contributed by atoms with Crippen LogP contribution in [0.25, 0.3) is 0 Å². The second kappa shape index (κ2) is 8.90. The molecule has 2 aromatic rings. The molecule has 2 aromatic carbocycles. The Labute approximate surface area is 168 Å². The van der Waals surface area contributed by atoms with Crippen LogP contribution >= 0.6 is 23.2 Å². The smallest absolute Gasteiger partial charge is 0.146 e. The Kier molecular flexibility index (Phi) is 6.56. The van der Waals surface area contributed by atoms with Gasteiger partial charge in [0.25, 0.3) is 0 Å². The lowest BCUT2D eigenvalue weighted by molar-refractivity contribution is -0.182. The first-order valence-electron chi connectivity index (χ1n) is 8.80. The molecule has 27 heavy (non-hydrogen) atoms. The molecule has 0 spiro atoms. The molecule has 4 nitrogen and oxygen atoms in total. The zero-order valence-electron chi connectivity index (χ0n) is 15.0. The first-order valence-corrected chi connectivity index (χ1v) is 9.56. The third-order valence-electron chi connectivity index (χ3n) is 4.71. The van der Waals surface area contributed by atoms with Gasteiger partial charge in [-0.3, -0.25) is 4.84 Å². The van der Waals surface area contributed by atoms with E-state index in [9.17, 15) is 4.39 Å². The minimum Gasteiger partial charge on any atom is -0.363 e. The van der Waals surface area contributed by atoms with Crippen molar-refractivity contribution in [1.29, 1.82) is 5.26 Å². The van der Waals surface area contributed by atoms with Crippen molar-refractivity contribution in [2.75, 3.05) is 24.6 Å². The van der Waals surface area contributed by atoms with Crippen LogP contribution in [0.5, 0.6) is 0 Å². The highest BCUT2D eigenvalue weighted by Gasteiger charge is 2.27. The zero-order valence-corrected chi connectivity index (χ0v) is 16.5. The van der Waals surface area contributed by atoms with E-state index in [1.54, 1.807) is 24.3 Å². The van der Waals surface area contributed by atoms with Crippen molar-refractivity contribution in [3.63, 3.8) is 0 Å². The molecule has 1 heterocycles. The van der Waals surface area contributed by atoms with E-state index >= 15 is 0 Å². The van der Waals surface area contributed by atoms with Crippen molar-refractivity contribution in [3.8, 4) is 6.07 Å². The molecule has 0 unspecified atom stereocenters. The van der Waals surface area contributed by atoms with E-state index in [1.807, 2.05) is 18.1 Å². The maximum atomic E-state index is 14.5. The third kappa shape index (κ3) is 4.53. The van der Waals surface area contributed by atoms with Crippen LogP contribution in [-0.2, 0) is 11.4 Å². The highest BCUT2D eigenvalue weighted by Crippen LogP contribution is 2.30. The van der Waals surface area contributed by atoms with Crippen molar-refractivity contribution in [2.24, 2.45) is 0 Å². The van der Waals surface area contributed by atoms with Crippen molar-refractivity contribution < 1.29 is 9.23 Å². The Hall–Kier alpha value is -1.84. The topological polar surface area (TPSA) is 39.5 Å². The highest BCUT2D eigenvalue weighted by molar-refractivity contribution is 6.32. The van der Waals surface area contributed by atoms with E-state index in [0.29, 0.717) is 35.8 Å². The number of anilines is 1. The fourth-order valence-electron chi connectivity index (χ4n) is 3.23. The number of nitriles is 1. The standard InChI is InChI=1S/C20H20Cl2FN3O/c1-2-25-13-17(8-9-27-25)26(12-15-4-3-5-18(21)20(15)23)16-7-6-14(11-24)19(22)10-16/h3-7,10,17H,2,8-9,12-13H2,1H3/t17-/m0/s1. The Morgan fingerprint density at radius 2 is 2.11 bits per heavy atom. The molecule has 1 aliphatic heterocycles. The fourth-order valence-corrected chi connectivity index (χ4v) is 3.64. The molecule has 0 aromatic heterocycles. The predicted octanol–water partition coefficient (Wildman–Crippen LogP) is 5.04. The quantitative estimate of drug-likeness (QED) is 0.695. The fraction of sp³-hybridized carbons (Fsp3) is 0.350. The lowest BCUT2D eigenvalue weighted by Crippen LogP contribution is -2.48. The van der Waals surface area contributed by atoms with E-state index in [2.05, 4.69) is 11.0 Å².